The van der Waals surface area contributed by atoms with Crippen LogP contribution in [-0.4, -0.2) is 83.0 Å². The number of ether oxygens (including phenoxy) is 2. The van der Waals surface area contributed by atoms with Gasteiger partial charge in [0.05, 0.1) is 32.8 Å². The molecule has 39 heavy (non-hydrogen) atoms. The molecule has 3 rings (SSSR count). The summed E-state index contributed by atoms with van der Waals surface area (Å²) in [5.41, 5.74) is 6.57. The maximum absolute atomic E-state index is 12.6. The van der Waals surface area contributed by atoms with Gasteiger partial charge in [0.15, 0.2) is 0 Å². The van der Waals surface area contributed by atoms with Gasteiger partial charge in [-0.2, -0.15) is 15.0 Å². The van der Waals surface area contributed by atoms with E-state index < -0.39 is 0 Å². The van der Waals surface area contributed by atoms with Crippen LogP contribution in [-0.2, 0) is 16.0 Å². The Morgan fingerprint density at radius 2 is 1.69 bits per heavy atom. The summed E-state index contributed by atoms with van der Waals surface area (Å²) in [6.45, 7) is 7.15. The summed E-state index contributed by atoms with van der Waals surface area (Å²) < 4.78 is 12.7. The van der Waals surface area contributed by atoms with Crippen LogP contribution >= 0.6 is 0 Å². The minimum absolute atomic E-state index is 0.195. The molecule has 1 aromatic carbocycles. The summed E-state index contributed by atoms with van der Waals surface area (Å²) in [5.74, 6) is 1.14. The highest BCUT2D eigenvalue weighted by molar-refractivity contribution is 5.95. The van der Waals surface area contributed by atoms with E-state index >= 15 is 0 Å². The van der Waals surface area contributed by atoms with Crippen molar-refractivity contribution in [3.63, 3.8) is 0 Å². The molecule has 3 aromatic rings. The van der Waals surface area contributed by atoms with E-state index in [1.54, 1.807) is 30.7 Å². The standard InChI is InChI=1S/C26H40N10O3/c1-2-3-9-30-24-33-25(31-10-5-13-36-14-11-28-20-36)35-26(34-24)32-22-7-4-6-21(19-22)23(37)29-12-16-39-18-17-38-15-8-27/h4,6-7,11,14,19-20H,2-3,5,8-10,12-13,15-18,27H2,1H3,(H,29,37)(H3,30,31,32,33,34,35). The third-order valence-electron chi connectivity index (χ3n) is 5.43. The second-order valence-corrected chi connectivity index (χ2v) is 8.64. The Labute approximate surface area is 229 Å². The van der Waals surface area contributed by atoms with E-state index in [4.69, 9.17) is 15.2 Å². The quantitative estimate of drug-likeness (QED) is 0.133. The summed E-state index contributed by atoms with van der Waals surface area (Å²) in [6.07, 6.45) is 8.45. The summed E-state index contributed by atoms with van der Waals surface area (Å²) >= 11 is 0. The maximum atomic E-state index is 12.6. The van der Waals surface area contributed by atoms with Crippen LogP contribution in [0, 0.1) is 0 Å². The smallest absolute Gasteiger partial charge is 0.251 e. The number of nitrogens with one attached hydrogen (secondary N) is 4. The Hall–Kier alpha value is -3.81. The fourth-order valence-corrected chi connectivity index (χ4v) is 3.46. The van der Waals surface area contributed by atoms with Crippen molar-refractivity contribution in [3.05, 3.63) is 48.5 Å². The first-order valence-corrected chi connectivity index (χ1v) is 13.4. The third kappa shape index (κ3) is 11.6. The van der Waals surface area contributed by atoms with Gasteiger partial charge in [-0.1, -0.05) is 19.4 Å². The molecule has 0 bridgehead atoms. The third-order valence-corrected chi connectivity index (χ3v) is 5.43. The Bertz CT molecular complexity index is 1100. The highest BCUT2D eigenvalue weighted by atomic mass is 16.5. The highest BCUT2D eigenvalue weighted by Crippen LogP contribution is 2.17. The number of imidazole rings is 1. The van der Waals surface area contributed by atoms with Crippen LogP contribution in [0.1, 0.15) is 36.5 Å². The molecule has 0 aliphatic carbocycles. The summed E-state index contributed by atoms with van der Waals surface area (Å²) in [5, 5.41) is 12.6. The average molecular weight is 541 g/mol. The van der Waals surface area contributed by atoms with Crippen LogP contribution in [0.15, 0.2) is 43.0 Å². The molecule has 0 saturated heterocycles. The molecule has 212 valence electrons. The fraction of sp³-hybridized carbons (Fsp3) is 0.500. The predicted molar refractivity (Wildman–Crippen MR) is 151 cm³/mol. The topological polar surface area (TPSA) is 166 Å². The van der Waals surface area contributed by atoms with Crippen LogP contribution in [0.3, 0.4) is 0 Å². The van der Waals surface area contributed by atoms with Crippen LogP contribution in [0.2, 0.25) is 0 Å². The minimum Gasteiger partial charge on any atom is -0.378 e. The van der Waals surface area contributed by atoms with E-state index in [0.717, 1.165) is 32.4 Å². The van der Waals surface area contributed by atoms with Gasteiger partial charge in [0, 0.05) is 56.4 Å². The van der Waals surface area contributed by atoms with Gasteiger partial charge in [-0.25, -0.2) is 4.98 Å². The Kier molecular flexibility index (Phi) is 13.5. The molecule has 13 heteroatoms. The lowest BCUT2D eigenvalue weighted by Crippen LogP contribution is -2.27. The number of hydrogen-bond donors (Lipinski definition) is 5. The maximum Gasteiger partial charge on any atom is 0.251 e. The molecule has 0 aliphatic rings. The number of hydrogen-bond acceptors (Lipinski definition) is 11. The van der Waals surface area contributed by atoms with Crippen LogP contribution in [0.5, 0.6) is 0 Å². The molecule has 0 aliphatic heterocycles. The molecule has 2 aromatic heterocycles. The van der Waals surface area contributed by atoms with E-state index in [0.29, 0.717) is 75.2 Å². The van der Waals surface area contributed by atoms with Gasteiger partial charge in [0.1, 0.15) is 0 Å². The normalized spacial score (nSPS) is 10.8. The molecule has 1 amide bonds. The Morgan fingerprint density at radius 3 is 2.41 bits per heavy atom. The number of nitrogens with two attached hydrogens (primary N) is 1. The number of anilines is 4. The van der Waals surface area contributed by atoms with Crippen molar-refractivity contribution >= 4 is 29.4 Å². The van der Waals surface area contributed by atoms with E-state index in [-0.39, 0.29) is 5.91 Å². The zero-order chi connectivity index (χ0) is 27.5. The lowest BCUT2D eigenvalue weighted by molar-refractivity contribution is 0.0511. The lowest BCUT2D eigenvalue weighted by Gasteiger charge is -2.12. The minimum atomic E-state index is -0.195. The number of unbranched alkanes of at least 4 members (excludes halogenated alkanes) is 1. The van der Waals surface area contributed by atoms with Crippen molar-refractivity contribution in [2.75, 3.05) is 68.6 Å². The number of nitrogens with zero attached hydrogens (tertiary/aromatic N) is 5. The van der Waals surface area contributed by atoms with Crippen molar-refractivity contribution in [1.82, 2.24) is 29.8 Å². The molecular formula is C26H40N10O3. The van der Waals surface area contributed by atoms with Crippen molar-refractivity contribution in [2.45, 2.75) is 32.7 Å². The van der Waals surface area contributed by atoms with E-state index in [2.05, 4.69) is 48.1 Å². The van der Waals surface area contributed by atoms with Gasteiger partial charge in [-0.15, -0.1) is 0 Å². The van der Waals surface area contributed by atoms with Crippen molar-refractivity contribution in [1.29, 1.82) is 0 Å². The molecule has 0 atom stereocenters. The number of carbonyl (C=O) groups is 1. The second-order valence-electron chi connectivity index (χ2n) is 8.64. The number of aromatic nitrogens is 5. The number of aryl methyl sites for hydroxylation is 1. The molecule has 0 spiro atoms. The SMILES string of the molecule is CCCCNc1nc(NCCCn2ccnc2)nc(Nc2cccc(C(=O)NCCOCCOCCN)c2)n1. The Balaban J connectivity index is 1.54. The van der Waals surface area contributed by atoms with Crippen LogP contribution in [0.25, 0.3) is 0 Å². The number of rotatable bonds is 20. The molecule has 0 fully saturated rings. The Morgan fingerprint density at radius 1 is 0.949 bits per heavy atom. The first-order chi connectivity index (χ1) is 19.2. The molecule has 2 heterocycles. The van der Waals surface area contributed by atoms with Crippen LogP contribution < -0.4 is 27.0 Å². The molecule has 0 unspecified atom stereocenters. The summed E-state index contributed by atoms with van der Waals surface area (Å²) in [4.78, 5) is 30.2. The zero-order valence-electron chi connectivity index (χ0n) is 22.6. The zero-order valence-corrected chi connectivity index (χ0v) is 22.6. The van der Waals surface area contributed by atoms with Gasteiger partial charge in [-0.3, -0.25) is 4.79 Å². The molecule has 13 nitrogen and oxygen atoms in total. The highest BCUT2D eigenvalue weighted by Gasteiger charge is 2.10. The number of carbonyl (C=O) groups excluding carboxylic acids is 1. The van der Waals surface area contributed by atoms with Gasteiger partial charge < -0.3 is 41.0 Å². The first-order valence-electron chi connectivity index (χ1n) is 13.4. The molecule has 0 saturated carbocycles. The van der Waals surface area contributed by atoms with Gasteiger partial charge in [0.25, 0.3) is 5.91 Å². The first kappa shape index (κ1) is 29.7. The average Bonchev–Trinajstić information content (AvgIpc) is 3.46. The van der Waals surface area contributed by atoms with Crippen molar-refractivity contribution in [3.8, 4) is 0 Å². The van der Waals surface area contributed by atoms with Crippen molar-refractivity contribution < 1.29 is 14.3 Å². The van der Waals surface area contributed by atoms with E-state index in [1.165, 1.54) is 0 Å². The van der Waals surface area contributed by atoms with Crippen LogP contribution in [0.4, 0.5) is 23.5 Å². The fourth-order valence-electron chi connectivity index (χ4n) is 3.46. The molecule has 0 radical (unpaired) electrons. The van der Waals surface area contributed by atoms with E-state index in [9.17, 15) is 4.79 Å². The molecular weight excluding hydrogens is 500 g/mol. The largest absolute Gasteiger partial charge is 0.378 e. The van der Waals surface area contributed by atoms with Crippen molar-refractivity contribution in [2.24, 2.45) is 5.73 Å². The summed E-state index contributed by atoms with van der Waals surface area (Å²) in [7, 11) is 0. The van der Waals surface area contributed by atoms with E-state index in [1.807, 2.05) is 16.8 Å². The molecule has 6 N–H and O–H groups in total. The van der Waals surface area contributed by atoms with Gasteiger partial charge in [-0.05, 0) is 31.0 Å². The number of benzene rings is 1. The monoisotopic (exact) mass is 540 g/mol. The lowest BCUT2D eigenvalue weighted by atomic mass is 10.2. The predicted octanol–water partition coefficient (Wildman–Crippen LogP) is 2.25. The summed E-state index contributed by atoms with van der Waals surface area (Å²) in [6, 6.07) is 7.16. The number of amides is 1. The second kappa shape index (κ2) is 17.7. The van der Waals surface area contributed by atoms with Gasteiger partial charge in [0.2, 0.25) is 17.8 Å². The van der Waals surface area contributed by atoms with Gasteiger partial charge >= 0.3 is 0 Å².